The van der Waals surface area contributed by atoms with Gasteiger partial charge in [-0.25, -0.2) is 4.98 Å². The summed E-state index contributed by atoms with van der Waals surface area (Å²) in [5.74, 6) is 1.62. The summed E-state index contributed by atoms with van der Waals surface area (Å²) in [7, 11) is 0. The predicted molar refractivity (Wildman–Crippen MR) is 105 cm³/mol. The van der Waals surface area contributed by atoms with Gasteiger partial charge in [0.05, 0.1) is 16.6 Å². The van der Waals surface area contributed by atoms with Crippen molar-refractivity contribution in [2.75, 3.05) is 0 Å². The van der Waals surface area contributed by atoms with Crippen molar-refractivity contribution in [3.63, 3.8) is 0 Å². The van der Waals surface area contributed by atoms with Gasteiger partial charge in [0, 0.05) is 4.47 Å². The molecule has 124 valence electrons. The average molecular weight is 393 g/mol. The highest BCUT2D eigenvalue weighted by Crippen LogP contribution is 2.32. The molecule has 4 aromatic rings. The van der Waals surface area contributed by atoms with Crippen molar-refractivity contribution in [1.82, 2.24) is 9.97 Å². The summed E-state index contributed by atoms with van der Waals surface area (Å²) >= 11 is 3.54. The minimum absolute atomic E-state index is 0.523. The molecular weight excluding hydrogens is 376 g/mol. The highest BCUT2D eigenvalue weighted by Gasteiger charge is 2.12. The molecule has 0 atom stereocenters. The number of nitrogens with zero attached hydrogens (tertiary/aromatic N) is 1. The second-order valence-electron chi connectivity index (χ2n) is 6.02. The Balaban J connectivity index is 1.67. The van der Waals surface area contributed by atoms with Crippen LogP contribution in [0.2, 0.25) is 0 Å². The fraction of sp³-hybridized carbons (Fsp3) is 0.0952. The number of benzene rings is 3. The molecule has 25 heavy (non-hydrogen) atoms. The van der Waals surface area contributed by atoms with Crippen LogP contribution in [0.15, 0.2) is 71.2 Å². The van der Waals surface area contributed by atoms with E-state index < -0.39 is 0 Å². The number of imidazole rings is 1. The molecule has 0 fully saturated rings. The molecule has 3 nitrogen and oxygen atoms in total. The molecule has 0 unspecified atom stereocenters. The Hall–Kier alpha value is -2.59. The minimum atomic E-state index is 0.523. The number of aromatic amines is 1. The topological polar surface area (TPSA) is 37.9 Å². The third-order valence-corrected chi connectivity index (χ3v) is 4.59. The molecule has 3 aromatic carbocycles. The molecule has 0 spiro atoms. The molecule has 0 amide bonds. The normalized spacial score (nSPS) is 11.0. The van der Waals surface area contributed by atoms with E-state index in [2.05, 4.69) is 52.1 Å². The zero-order valence-corrected chi connectivity index (χ0v) is 15.4. The molecule has 4 rings (SSSR count). The van der Waals surface area contributed by atoms with Gasteiger partial charge in [0.25, 0.3) is 0 Å². The molecule has 0 aliphatic carbocycles. The van der Waals surface area contributed by atoms with Crippen LogP contribution >= 0.6 is 15.9 Å². The molecular formula is C21H17BrN2O. The zero-order valence-electron chi connectivity index (χ0n) is 13.8. The van der Waals surface area contributed by atoms with Gasteiger partial charge in [-0.1, -0.05) is 57.9 Å². The second-order valence-corrected chi connectivity index (χ2v) is 6.93. The highest BCUT2D eigenvalue weighted by molar-refractivity contribution is 9.10. The van der Waals surface area contributed by atoms with E-state index in [9.17, 15) is 0 Å². The smallest absolute Gasteiger partial charge is 0.142 e. The van der Waals surface area contributed by atoms with Crippen LogP contribution in [0.25, 0.3) is 22.4 Å². The molecule has 0 aliphatic rings. The van der Waals surface area contributed by atoms with Crippen molar-refractivity contribution in [1.29, 1.82) is 0 Å². The van der Waals surface area contributed by atoms with Gasteiger partial charge in [0.1, 0.15) is 18.2 Å². The van der Waals surface area contributed by atoms with Gasteiger partial charge in [-0.2, -0.15) is 0 Å². The Labute approximate surface area is 154 Å². The van der Waals surface area contributed by atoms with E-state index in [0.29, 0.717) is 6.61 Å². The maximum Gasteiger partial charge on any atom is 0.142 e. The number of hydrogen-bond donors (Lipinski definition) is 1. The molecule has 0 saturated heterocycles. The van der Waals surface area contributed by atoms with Crippen LogP contribution in [0.5, 0.6) is 5.75 Å². The van der Waals surface area contributed by atoms with Crippen LogP contribution in [-0.4, -0.2) is 9.97 Å². The maximum absolute atomic E-state index is 6.09. The van der Waals surface area contributed by atoms with Crippen molar-refractivity contribution in [3.05, 3.63) is 82.3 Å². The summed E-state index contributed by atoms with van der Waals surface area (Å²) in [5, 5.41) is 0. The van der Waals surface area contributed by atoms with Crippen LogP contribution in [-0.2, 0) is 6.61 Å². The zero-order chi connectivity index (χ0) is 17.2. The Bertz CT molecular complexity index is 989. The first-order valence-corrected chi connectivity index (χ1v) is 8.91. The van der Waals surface area contributed by atoms with Crippen LogP contribution < -0.4 is 4.74 Å². The van der Waals surface area contributed by atoms with Gasteiger partial charge < -0.3 is 9.72 Å². The molecule has 0 bridgehead atoms. The number of fused-ring (bicyclic) bond motifs is 1. The van der Waals surface area contributed by atoms with Crippen molar-refractivity contribution < 1.29 is 4.74 Å². The SMILES string of the molecule is Cc1ccc(COc2ccc(Br)cc2-c2nc3ccccc3[nH]2)cc1. The molecule has 4 heteroatoms. The van der Waals surface area contributed by atoms with E-state index in [1.165, 1.54) is 5.56 Å². The molecule has 0 radical (unpaired) electrons. The number of aromatic nitrogens is 2. The average Bonchev–Trinajstić information content (AvgIpc) is 3.06. The van der Waals surface area contributed by atoms with E-state index in [0.717, 1.165) is 38.2 Å². The Morgan fingerprint density at radius 1 is 1.00 bits per heavy atom. The second kappa shape index (κ2) is 6.73. The fourth-order valence-electron chi connectivity index (χ4n) is 2.74. The summed E-state index contributed by atoms with van der Waals surface area (Å²) in [6.45, 7) is 2.61. The number of aryl methyl sites for hydroxylation is 1. The van der Waals surface area contributed by atoms with Gasteiger partial charge in [-0.15, -0.1) is 0 Å². The van der Waals surface area contributed by atoms with E-state index in [1.807, 2.05) is 42.5 Å². The first-order valence-electron chi connectivity index (χ1n) is 8.12. The predicted octanol–water partition coefficient (Wildman–Crippen LogP) is 5.88. The van der Waals surface area contributed by atoms with Gasteiger partial charge in [-0.05, 0) is 42.8 Å². The van der Waals surface area contributed by atoms with Crippen LogP contribution in [0.1, 0.15) is 11.1 Å². The fourth-order valence-corrected chi connectivity index (χ4v) is 3.10. The number of nitrogens with one attached hydrogen (secondary N) is 1. The van der Waals surface area contributed by atoms with E-state index in [4.69, 9.17) is 9.72 Å². The minimum Gasteiger partial charge on any atom is -0.488 e. The summed E-state index contributed by atoms with van der Waals surface area (Å²) in [6.07, 6.45) is 0. The number of hydrogen-bond acceptors (Lipinski definition) is 2. The first-order chi connectivity index (χ1) is 12.2. The highest BCUT2D eigenvalue weighted by atomic mass is 79.9. The van der Waals surface area contributed by atoms with Crippen molar-refractivity contribution >= 4 is 27.0 Å². The number of rotatable bonds is 4. The van der Waals surface area contributed by atoms with E-state index in [1.54, 1.807) is 0 Å². The summed E-state index contributed by atoms with van der Waals surface area (Å²) in [4.78, 5) is 8.07. The Morgan fingerprint density at radius 2 is 1.80 bits per heavy atom. The van der Waals surface area contributed by atoms with Gasteiger partial charge >= 0.3 is 0 Å². The lowest BCUT2D eigenvalue weighted by Crippen LogP contribution is -1.97. The lowest BCUT2D eigenvalue weighted by atomic mass is 10.1. The van der Waals surface area contributed by atoms with Gasteiger partial charge in [0.2, 0.25) is 0 Å². The lowest BCUT2D eigenvalue weighted by molar-refractivity contribution is 0.307. The molecule has 0 aliphatic heterocycles. The first kappa shape index (κ1) is 15.9. The summed E-state index contributed by atoms with van der Waals surface area (Å²) in [6, 6.07) is 22.4. The Kier molecular flexibility index (Phi) is 4.28. The Morgan fingerprint density at radius 3 is 2.60 bits per heavy atom. The van der Waals surface area contributed by atoms with Crippen LogP contribution in [0.3, 0.4) is 0 Å². The number of halogens is 1. The van der Waals surface area contributed by atoms with Crippen molar-refractivity contribution in [3.8, 4) is 17.1 Å². The number of ether oxygens (including phenoxy) is 1. The largest absolute Gasteiger partial charge is 0.488 e. The lowest BCUT2D eigenvalue weighted by Gasteiger charge is -2.11. The number of para-hydroxylation sites is 2. The third-order valence-electron chi connectivity index (χ3n) is 4.10. The standard InChI is InChI=1S/C21H17BrN2O/c1-14-6-8-15(9-7-14)13-25-20-11-10-16(22)12-17(20)21-23-18-4-2-3-5-19(18)24-21/h2-12H,13H2,1H3,(H,23,24). The van der Waals surface area contributed by atoms with Gasteiger partial charge in [0.15, 0.2) is 0 Å². The maximum atomic E-state index is 6.09. The van der Waals surface area contributed by atoms with E-state index in [-0.39, 0.29) is 0 Å². The van der Waals surface area contributed by atoms with Crippen LogP contribution in [0, 0.1) is 6.92 Å². The molecule has 0 saturated carbocycles. The monoisotopic (exact) mass is 392 g/mol. The summed E-state index contributed by atoms with van der Waals surface area (Å²) in [5.41, 5.74) is 5.29. The summed E-state index contributed by atoms with van der Waals surface area (Å²) < 4.78 is 7.08. The quantitative estimate of drug-likeness (QED) is 0.470. The van der Waals surface area contributed by atoms with Crippen LogP contribution in [0.4, 0.5) is 0 Å². The third kappa shape index (κ3) is 3.44. The van der Waals surface area contributed by atoms with Crippen molar-refractivity contribution in [2.45, 2.75) is 13.5 Å². The molecule has 1 N–H and O–H groups in total. The van der Waals surface area contributed by atoms with Crippen molar-refractivity contribution in [2.24, 2.45) is 0 Å². The van der Waals surface area contributed by atoms with E-state index >= 15 is 0 Å². The molecule has 1 heterocycles. The van der Waals surface area contributed by atoms with Gasteiger partial charge in [-0.3, -0.25) is 0 Å². The number of H-pyrrole nitrogens is 1. The molecule has 1 aromatic heterocycles.